The van der Waals surface area contributed by atoms with Crippen LogP contribution in [-0.4, -0.2) is 12.9 Å². The fourth-order valence-electron chi connectivity index (χ4n) is 1.71. The van der Waals surface area contributed by atoms with Crippen LogP contribution in [0, 0.1) is 0 Å². The molecule has 0 fully saturated rings. The molecule has 0 radical (unpaired) electrons. The Morgan fingerprint density at radius 3 is 2.38 bits per heavy atom. The molecule has 2 rings (SSSR count). The molecular formula is C13H7F5O3. The quantitative estimate of drug-likeness (QED) is 0.621. The van der Waals surface area contributed by atoms with Gasteiger partial charge in [-0.05, 0) is 30.3 Å². The van der Waals surface area contributed by atoms with Gasteiger partial charge >= 0.3 is 12.8 Å². The number of carbonyl (C=O) groups is 1. The van der Waals surface area contributed by atoms with Gasteiger partial charge < -0.3 is 9.15 Å². The van der Waals surface area contributed by atoms with Crippen molar-refractivity contribution in [3.05, 3.63) is 41.7 Å². The van der Waals surface area contributed by atoms with Gasteiger partial charge in [0.25, 0.3) is 0 Å². The zero-order valence-electron chi connectivity index (χ0n) is 10.2. The van der Waals surface area contributed by atoms with Gasteiger partial charge in [-0.25, -0.2) is 0 Å². The first-order valence-corrected chi connectivity index (χ1v) is 5.52. The summed E-state index contributed by atoms with van der Waals surface area (Å²) in [6, 6.07) is 4.48. The average Bonchev–Trinajstić information content (AvgIpc) is 2.85. The number of rotatable bonds is 4. The number of hydrogen-bond acceptors (Lipinski definition) is 3. The summed E-state index contributed by atoms with van der Waals surface area (Å²) in [7, 11) is 0. The molecule has 112 valence electrons. The second kappa shape index (κ2) is 5.55. The van der Waals surface area contributed by atoms with Crippen LogP contribution >= 0.6 is 0 Å². The molecule has 1 heterocycles. The van der Waals surface area contributed by atoms with E-state index in [1.54, 1.807) is 0 Å². The first-order valence-electron chi connectivity index (χ1n) is 5.52. The molecule has 0 amide bonds. The van der Waals surface area contributed by atoms with E-state index < -0.39 is 29.7 Å². The van der Waals surface area contributed by atoms with Crippen molar-refractivity contribution in [3.63, 3.8) is 0 Å². The number of carbonyl (C=O) groups excluding carboxylic acids is 1. The van der Waals surface area contributed by atoms with Crippen molar-refractivity contribution in [2.45, 2.75) is 12.8 Å². The number of halogens is 5. The Bertz CT molecular complexity index is 645. The number of furan rings is 1. The van der Waals surface area contributed by atoms with Gasteiger partial charge in [-0.2, -0.15) is 22.0 Å². The summed E-state index contributed by atoms with van der Waals surface area (Å²) in [5, 5.41) is 0. The number of hydrogen-bond donors (Lipinski definition) is 0. The Morgan fingerprint density at radius 1 is 1.14 bits per heavy atom. The molecule has 0 aliphatic carbocycles. The summed E-state index contributed by atoms with van der Waals surface area (Å²) in [5.74, 6) is -0.903. The van der Waals surface area contributed by atoms with Crippen LogP contribution in [0.4, 0.5) is 22.0 Å². The van der Waals surface area contributed by atoms with Gasteiger partial charge in [0, 0.05) is 5.56 Å². The fraction of sp³-hybridized carbons (Fsp3) is 0.154. The van der Waals surface area contributed by atoms with Crippen molar-refractivity contribution < 1.29 is 35.9 Å². The Labute approximate surface area is 114 Å². The van der Waals surface area contributed by atoms with E-state index >= 15 is 0 Å². The normalized spacial score (nSPS) is 11.7. The Kier molecular flexibility index (Phi) is 3.97. The summed E-state index contributed by atoms with van der Waals surface area (Å²) < 4.78 is 72.0. The van der Waals surface area contributed by atoms with Gasteiger partial charge in [-0.3, -0.25) is 4.79 Å². The summed E-state index contributed by atoms with van der Waals surface area (Å²) in [6.45, 7) is -3.17. The zero-order valence-corrected chi connectivity index (χ0v) is 10.2. The molecule has 0 spiro atoms. The van der Waals surface area contributed by atoms with E-state index in [2.05, 4.69) is 4.74 Å². The molecule has 21 heavy (non-hydrogen) atoms. The second-order valence-electron chi connectivity index (χ2n) is 3.90. The third kappa shape index (κ3) is 3.39. The van der Waals surface area contributed by atoms with Crippen LogP contribution in [-0.2, 0) is 6.18 Å². The van der Waals surface area contributed by atoms with E-state index in [0.717, 1.165) is 18.2 Å². The molecule has 8 heteroatoms. The van der Waals surface area contributed by atoms with Crippen LogP contribution in [0.25, 0.3) is 11.3 Å². The van der Waals surface area contributed by atoms with E-state index in [4.69, 9.17) is 4.42 Å². The number of ether oxygens (including phenoxy) is 1. The lowest BCUT2D eigenvalue weighted by Gasteiger charge is -2.13. The molecule has 0 aliphatic heterocycles. The molecule has 0 unspecified atom stereocenters. The summed E-state index contributed by atoms with van der Waals surface area (Å²) >= 11 is 0. The van der Waals surface area contributed by atoms with Crippen LogP contribution in [0.5, 0.6) is 5.75 Å². The molecule has 0 saturated carbocycles. The van der Waals surface area contributed by atoms with Crippen LogP contribution in [0.2, 0.25) is 0 Å². The van der Waals surface area contributed by atoms with Gasteiger partial charge in [-0.1, -0.05) is 0 Å². The smallest absolute Gasteiger partial charge is 0.417 e. The Morgan fingerprint density at radius 2 is 1.86 bits per heavy atom. The molecule has 0 bridgehead atoms. The van der Waals surface area contributed by atoms with Crippen LogP contribution in [0.15, 0.2) is 34.7 Å². The zero-order chi connectivity index (χ0) is 15.6. The van der Waals surface area contributed by atoms with Gasteiger partial charge in [0.05, 0.1) is 5.56 Å². The van der Waals surface area contributed by atoms with E-state index in [9.17, 15) is 26.7 Å². The molecule has 3 nitrogen and oxygen atoms in total. The standard InChI is InChI=1S/C13H7F5O3/c14-12(15)21-7-1-3-10(13(16,17)18)9(5-7)11-4-2-8(6-19)20-11/h1-6,12H. The SMILES string of the molecule is O=Cc1ccc(-c2cc(OC(F)F)ccc2C(F)(F)F)o1. The molecule has 0 aliphatic rings. The minimum Gasteiger partial charge on any atom is -0.453 e. The molecule has 1 aromatic carbocycles. The second-order valence-corrected chi connectivity index (χ2v) is 3.90. The summed E-state index contributed by atoms with van der Waals surface area (Å²) in [5.41, 5.74) is -1.58. The maximum atomic E-state index is 12.9. The number of aldehydes is 1. The van der Waals surface area contributed by atoms with Gasteiger partial charge in [0.15, 0.2) is 12.0 Å². The lowest BCUT2D eigenvalue weighted by molar-refractivity contribution is -0.137. The Hall–Kier alpha value is -2.38. The maximum Gasteiger partial charge on any atom is 0.417 e. The molecule has 0 saturated heterocycles. The summed E-state index contributed by atoms with van der Waals surface area (Å²) in [6.07, 6.45) is -4.40. The largest absolute Gasteiger partial charge is 0.453 e. The van der Waals surface area contributed by atoms with Crippen LogP contribution < -0.4 is 4.74 Å². The third-order valence-corrected chi connectivity index (χ3v) is 2.53. The monoisotopic (exact) mass is 306 g/mol. The van der Waals surface area contributed by atoms with Crippen LogP contribution in [0.3, 0.4) is 0 Å². The van der Waals surface area contributed by atoms with Gasteiger partial charge in [0.1, 0.15) is 11.5 Å². The van der Waals surface area contributed by atoms with Crippen molar-refractivity contribution in [2.24, 2.45) is 0 Å². The highest BCUT2D eigenvalue weighted by atomic mass is 19.4. The van der Waals surface area contributed by atoms with E-state index in [0.29, 0.717) is 12.4 Å². The van der Waals surface area contributed by atoms with Crippen molar-refractivity contribution in [1.29, 1.82) is 0 Å². The molecule has 1 aromatic heterocycles. The first-order chi connectivity index (χ1) is 9.81. The number of alkyl halides is 5. The van der Waals surface area contributed by atoms with Crippen molar-refractivity contribution in [1.82, 2.24) is 0 Å². The topological polar surface area (TPSA) is 39.4 Å². The lowest BCUT2D eigenvalue weighted by atomic mass is 10.0. The third-order valence-electron chi connectivity index (χ3n) is 2.53. The fourth-order valence-corrected chi connectivity index (χ4v) is 1.71. The first kappa shape index (κ1) is 15.0. The average molecular weight is 306 g/mol. The minimum absolute atomic E-state index is 0.182. The van der Waals surface area contributed by atoms with Crippen molar-refractivity contribution in [2.75, 3.05) is 0 Å². The summed E-state index contributed by atoms with van der Waals surface area (Å²) in [4.78, 5) is 10.5. The van der Waals surface area contributed by atoms with E-state index in [1.807, 2.05) is 0 Å². The van der Waals surface area contributed by atoms with E-state index in [-0.39, 0.29) is 11.5 Å². The molecule has 2 aromatic rings. The molecule has 0 atom stereocenters. The van der Waals surface area contributed by atoms with E-state index in [1.165, 1.54) is 6.07 Å². The lowest BCUT2D eigenvalue weighted by Crippen LogP contribution is -2.08. The number of benzene rings is 1. The Balaban J connectivity index is 2.55. The highest BCUT2D eigenvalue weighted by molar-refractivity contribution is 5.74. The van der Waals surface area contributed by atoms with Crippen LogP contribution in [0.1, 0.15) is 16.1 Å². The predicted octanol–water partition coefficient (Wildman–Crippen LogP) is 4.38. The van der Waals surface area contributed by atoms with Gasteiger partial charge in [0.2, 0.25) is 0 Å². The maximum absolute atomic E-state index is 12.9. The molecular weight excluding hydrogens is 299 g/mol. The van der Waals surface area contributed by atoms with Gasteiger partial charge in [-0.15, -0.1) is 0 Å². The highest BCUT2D eigenvalue weighted by Gasteiger charge is 2.34. The van der Waals surface area contributed by atoms with Crippen molar-refractivity contribution >= 4 is 6.29 Å². The highest BCUT2D eigenvalue weighted by Crippen LogP contribution is 2.39. The molecule has 0 N–H and O–H groups in total. The van der Waals surface area contributed by atoms with Crippen molar-refractivity contribution in [3.8, 4) is 17.1 Å². The minimum atomic E-state index is -4.72. The predicted molar refractivity (Wildman–Crippen MR) is 61.2 cm³/mol.